The van der Waals surface area contributed by atoms with Crippen molar-refractivity contribution in [1.82, 2.24) is 20.8 Å². The van der Waals surface area contributed by atoms with E-state index in [0.29, 0.717) is 11.0 Å². The van der Waals surface area contributed by atoms with Crippen molar-refractivity contribution in [3.63, 3.8) is 0 Å². The summed E-state index contributed by atoms with van der Waals surface area (Å²) in [4.78, 5) is 32.3. The summed E-state index contributed by atoms with van der Waals surface area (Å²) in [5.74, 6) is -1.60. The fraction of sp³-hybridized carbons (Fsp3) is 0. The van der Waals surface area contributed by atoms with Gasteiger partial charge in [0.15, 0.2) is 0 Å². The lowest BCUT2D eigenvalue weighted by Gasteiger charge is -2.08. The number of fused-ring (bicyclic) bond motifs is 1. The zero-order valence-electron chi connectivity index (χ0n) is 12.2. The standard InChI is InChI=1S/C16H11ClN4O3/c17-9-5-6-14(22)10(7-9)15(23)20-21-16(24)13-8-18-11-3-1-2-4-12(11)19-13/h1-8,22H,(H,20,23)(H,21,24). The van der Waals surface area contributed by atoms with E-state index in [-0.39, 0.29) is 22.0 Å². The molecule has 3 rings (SSSR count). The molecule has 0 spiro atoms. The molecule has 24 heavy (non-hydrogen) atoms. The summed E-state index contributed by atoms with van der Waals surface area (Å²) in [5, 5.41) is 9.93. The number of hydrazine groups is 1. The van der Waals surface area contributed by atoms with Crippen LogP contribution in [-0.4, -0.2) is 26.9 Å². The lowest BCUT2D eigenvalue weighted by molar-refractivity contribution is 0.0842. The summed E-state index contributed by atoms with van der Waals surface area (Å²) in [7, 11) is 0. The molecule has 0 unspecified atom stereocenters. The van der Waals surface area contributed by atoms with Gasteiger partial charge in [-0.05, 0) is 30.3 Å². The number of hydrogen-bond donors (Lipinski definition) is 3. The molecule has 0 bridgehead atoms. The van der Waals surface area contributed by atoms with E-state index in [0.717, 1.165) is 0 Å². The fourth-order valence-corrected chi connectivity index (χ4v) is 2.17. The molecule has 3 aromatic rings. The van der Waals surface area contributed by atoms with E-state index in [2.05, 4.69) is 20.8 Å². The van der Waals surface area contributed by atoms with E-state index in [1.165, 1.54) is 24.4 Å². The molecule has 3 N–H and O–H groups in total. The highest BCUT2D eigenvalue weighted by Crippen LogP contribution is 2.21. The Labute approximate surface area is 141 Å². The predicted molar refractivity (Wildman–Crippen MR) is 87.6 cm³/mol. The number of phenols is 1. The van der Waals surface area contributed by atoms with E-state index >= 15 is 0 Å². The Morgan fingerprint density at radius 1 is 1.00 bits per heavy atom. The molecule has 120 valence electrons. The van der Waals surface area contributed by atoms with Crippen LogP contribution in [0.2, 0.25) is 5.02 Å². The first-order valence-electron chi connectivity index (χ1n) is 6.85. The maximum atomic E-state index is 12.1. The van der Waals surface area contributed by atoms with Crippen LogP contribution in [0.3, 0.4) is 0 Å². The number of benzene rings is 2. The maximum Gasteiger partial charge on any atom is 0.289 e. The molecule has 2 amide bonds. The molecule has 0 saturated heterocycles. The Hall–Kier alpha value is -3.19. The number of amides is 2. The Morgan fingerprint density at radius 2 is 1.71 bits per heavy atom. The topological polar surface area (TPSA) is 104 Å². The first-order chi connectivity index (χ1) is 11.5. The van der Waals surface area contributed by atoms with Gasteiger partial charge in [0.1, 0.15) is 11.4 Å². The Balaban J connectivity index is 1.72. The summed E-state index contributed by atoms with van der Waals surface area (Å²) >= 11 is 5.78. The third kappa shape index (κ3) is 3.26. The smallest absolute Gasteiger partial charge is 0.289 e. The van der Waals surface area contributed by atoms with Crippen molar-refractivity contribution in [3.05, 3.63) is 64.9 Å². The van der Waals surface area contributed by atoms with E-state index in [1.807, 2.05) is 6.07 Å². The van der Waals surface area contributed by atoms with Gasteiger partial charge >= 0.3 is 0 Å². The first kappa shape index (κ1) is 15.7. The molecule has 1 heterocycles. The molecule has 0 aliphatic heterocycles. The van der Waals surface area contributed by atoms with Crippen LogP contribution in [0, 0.1) is 0 Å². The van der Waals surface area contributed by atoms with Gasteiger partial charge in [0.2, 0.25) is 0 Å². The van der Waals surface area contributed by atoms with Gasteiger partial charge in [-0.1, -0.05) is 23.7 Å². The second kappa shape index (κ2) is 6.51. The number of para-hydroxylation sites is 2. The van der Waals surface area contributed by atoms with Crippen LogP contribution in [0.15, 0.2) is 48.7 Å². The highest BCUT2D eigenvalue weighted by Gasteiger charge is 2.14. The number of aromatic nitrogens is 2. The molecule has 2 aromatic carbocycles. The molecule has 8 heteroatoms. The summed E-state index contributed by atoms with van der Waals surface area (Å²) in [6, 6.07) is 11.1. The zero-order chi connectivity index (χ0) is 17.1. The van der Waals surface area contributed by atoms with Gasteiger partial charge in [-0.3, -0.25) is 25.4 Å². The minimum atomic E-state index is -0.711. The Morgan fingerprint density at radius 3 is 2.50 bits per heavy atom. The molecule has 7 nitrogen and oxygen atoms in total. The molecule has 1 aromatic heterocycles. The minimum absolute atomic E-state index is 0.0457. The Kier molecular flexibility index (Phi) is 4.26. The molecule has 0 aliphatic rings. The van der Waals surface area contributed by atoms with Crippen molar-refractivity contribution in [2.45, 2.75) is 0 Å². The monoisotopic (exact) mass is 342 g/mol. The largest absolute Gasteiger partial charge is 0.507 e. The van der Waals surface area contributed by atoms with Gasteiger partial charge in [-0.2, -0.15) is 0 Å². The van der Waals surface area contributed by atoms with Crippen LogP contribution < -0.4 is 10.9 Å². The summed E-state index contributed by atoms with van der Waals surface area (Å²) in [6.45, 7) is 0. The molecule has 0 fully saturated rings. The minimum Gasteiger partial charge on any atom is -0.507 e. The summed E-state index contributed by atoms with van der Waals surface area (Å²) in [5.41, 5.74) is 5.60. The van der Waals surface area contributed by atoms with Gasteiger partial charge in [-0.25, -0.2) is 4.98 Å². The van der Waals surface area contributed by atoms with Crippen LogP contribution in [-0.2, 0) is 0 Å². The third-order valence-corrected chi connectivity index (χ3v) is 3.41. The predicted octanol–water partition coefficient (Wildman–Crippen LogP) is 2.06. The number of carbonyl (C=O) groups excluding carboxylic acids is 2. The van der Waals surface area contributed by atoms with Gasteiger partial charge in [0, 0.05) is 5.02 Å². The number of carbonyl (C=O) groups is 2. The van der Waals surface area contributed by atoms with Crippen molar-refractivity contribution < 1.29 is 14.7 Å². The second-order valence-corrected chi connectivity index (χ2v) is 5.25. The first-order valence-corrected chi connectivity index (χ1v) is 7.23. The van der Waals surface area contributed by atoms with E-state index in [4.69, 9.17) is 11.6 Å². The van der Waals surface area contributed by atoms with Gasteiger partial charge in [0.25, 0.3) is 11.8 Å². The van der Waals surface area contributed by atoms with Crippen LogP contribution in [0.25, 0.3) is 11.0 Å². The summed E-state index contributed by atoms with van der Waals surface area (Å²) < 4.78 is 0. The van der Waals surface area contributed by atoms with Crippen molar-refractivity contribution in [3.8, 4) is 5.75 Å². The van der Waals surface area contributed by atoms with Crippen LogP contribution in [0.5, 0.6) is 5.75 Å². The highest BCUT2D eigenvalue weighted by molar-refractivity contribution is 6.31. The van der Waals surface area contributed by atoms with Crippen LogP contribution in [0.1, 0.15) is 20.8 Å². The van der Waals surface area contributed by atoms with Crippen LogP contribution >= 0.6 is 11.6 Å². The lowest BCUT2D eigenvalue weighted by atomic mass is 10.2. The SMILES string of the molecule is O=C(NNC(=O)c1cc(Cl)ccc1O)c1cnc2ccccc2n1. The van der Waals surface area contributed by atoms with E-state index < -0.39 is 11.8 Å². The van der Waals surface area contributed by atoms with Crippen LogP contribution in [0.4, 0.5) is 0 Å². The fourth-order valence-electron chi connectivity index (χ4n) is 2.00. The second-order valence-electron chi connectivity index (χ2n) is 4.81. The van der Waals surface area contributed by atoms with Crippen molar-refractivity contribution in [2.24, 2.45) is 0 Å². The molecular formula is C16H11ClN4O3. The molecule has 0 saturated carbocycles. The average Bonchev–Trinajstić information content (AvgIpc) is 2.61. The number of aromatic hydroxyl groups is 1. The van der Waals surface area contributed by atoms with Crippen molar-refractivity contribution >= 4 is 34.4 Å². The number of hydrogen-bond acceptors (Lipinski definition) is 5. The van der Waals surface area contributed by atoms with Gasteiger partial charge in [-0.15, -0.1) is 0 Å². The molecular weight excluding hydrogens is 332 g/mol. The number of rotatable bonds is 2. The van der Waals surface area contributed by atoms with Gasteiger partial charge in [0.05, 0.1) is 22.8 Å². The number of halogens is 1. The lowest BCUT2D eigenvalue weighted by Crippen LogP contribution is -2.42. The molecule has 0 radical (unpaired) electrons. The Bertz CT molecular complexity index is 946. The highest BCUT2D eigenvalue weighted by atomic mass is 35.5. The molecule has 0 atom stereocenters. The summed E-state index contributed by atoms with van der Waals surface area (Å²) in [6.07, 6.45) is 1.31. The van der Waals surface area contributed by atoms with E-state index in [1.54, 1.807) is 18.2 Å². The molecule has 0 aliphatic carbocycles. The van der Waals surface area contributed by atoms with Crippen molar-refractivity contribution in [2.75, 3.05) is 0 Å². The third-order valence-electron chi connectivity index (χ3n) is 3.17. The average molecular weight is 343 g/mol. The maximum absolute atomic E-state index is 12.1. The number of phenolic OH excluding ortho intramolecular Hbond substituents is 1. The van der Waals surface area contributed by atoms with Crippen molar-refractivity contribution in [1.29, 1.82) is 0 Å². The van der Waals surface area contributed by atoms with Gasteiger partial charge < -0.3 is 5.11 Å². The number of nitrogens with zero attached hydrogens (tertiary/aromatic N) is 2. The quantitative estimate of drug-likeness (QED) is 0.618. The zero-order valence-corrected chi connectivity index (χ0v) is 12.9. The number of nitrogens with one attached hydrogen (secondary N) is 2. The van der Waals surface area contributed by atoms with E-state index in [9.17, 15) is 14.7 Å². The normalized spacial score (nSPS) is 10.4.